The first kappa shape index (κ1) is 22.3. The monoisotopic (exact) mass is 449 g/mol. The van der Waals surface area contributed by atoms with Crippen LogP contribution in [0.2, 0.25) is 0 Å². The Kier molecular flexibility index (Phi) is 6.30. The molecule has 2 N–H and O–H groups in total. The van der Waals surface area contributed by atoms with Crippen molar-refractivity contribution in [1.82, 2.24) is 25.2 Å². The van der Waals surface area contributed by atoms with E-state index in [2.05, 4.69) is 20.3 Å². The fourth-order valence-corrected chi connectivity index (χ4v) is 4.03. The van der Waals surface area contributed by atoms with E-state index in [0.717, 1.165) is 12.8 Å². The van der Waals surface area contributed by atoms with E-state index in [-0.39, 0.29) is 23.8 Å². The van der Waals surface area contributed by atoms with E-state index < -0.39 is 17.0 Å². The third-order valence-electron chi connectivity index (χ3n) is 5.94. The molecule has 1 aliphatic rings. The zero-order valence-corrected chi connectivity index (χ0v) is 18.2. The van der Waals surface area contributed by atoms with E-state index in [4.69, 9.17) is 0 Å². The first-order valence-electron chi connectivity index (χ1n) is 10.7. The van der Waals surface area contributed by atoms with Gasteiger partial charge in [-0.2, -0.15) is 0 Å². The van der Waals surface area contributed by atoms with Crippen LogP contribution in [0.4, 0.5) is 4.39 Å². The average molecular weight is 449 g/mol. The number of carbonyl (C=O) groups is 2. The summed E-state index contributed by atoms with van der Waals surface area (Å²) in [7, 11) is 0. The molecule has 1 atom stereocenters. The number of pyridine rings is 1. The number of aromatic amines is 1. The van der Waals surface area contributed by atoms with Crippen molar-refractivity contribution in [2.75, 3.05) is 6.54 Å². The van der Waals surface area contributed by atoms with Crippen molar-refractivity contribution in [3.63, 3.8) is 0 Å². The van der Waals surface area contributed by atoms with Crippen molar-refractivity contribution >= 4 is 11.8 Å². The lowest BCUT2D eigenvalue weighted by atomic mass is 9.87. The van der Waals surface area contributed by atoms with Crippen molar-refractivity contribution in [1.29, 1.82) is 0 Å². The normalized spacial score (nSPS) is 18.1. The third kappa shape index (κ3) is 4.67. The van der Waals surface area contributed by atoms with Crippen molar-refractivity contribution < 1.29 is 14.0 Å². The van der Waals surface area contributed by atoms with Crippen LogP contribution in [0.3, 0.4) is 0 Å². The van der Waals surface area contributed by atoms with Crippen LogP contribution in [0.25, 0.3) is 0 Å². The third-order valence-corrected chi connectivity index (χ3v) is 5.94. The average Bonchev–Trinajstić information content (AvgIpc) is 2.84. The Morgan fingerprint density at radius 3 is 2.64 bits per heavy atom. The van der Waals surface area contributed by atoms with Gasteiger partial charge in [0.1, 0.15) is 22.9 Å². The molecule has 2 aromatic heterocycles. The molecule has 33 heavy (non-hydrogen) atoms. The molecule has 0 radical (unpaired) electrons. The van der Waals surface area contributed by atoms with Gasteiger partial charge in [-0.25, -0.2) is 9.37 Å². The van der Waals surface area contributed by atoms with Gasteiger partial charge in [0.05, 0.1) is 5.54 Å². The molecule has 1 saturated heterocycles. The molecule has 170 valence electrons. The molecule has 0 bridgehead atoms. The number of halogens is 1. The Labute approximate surface area is 189 Å². The lowest BCUT2D eigenvalue weighted by Gasteiger charge is -2.43. The van der Waals surface area contributed by atoms with Crippen molar-refractivity contribution in [2.45, 2.75) is 38.3 Å². The molecule has 8 nitrogen and oxygen atoms in total. The summed E-state index contributed by atoms with van der Waals surface area (Å²) < 4.78 is 13.0. The number of rotatable bonds is 5. The van der Waals surface area contributed by atoms with Crippen LogP contribution in [0.1, 0.15) is 58.4 Å². The maximum Gasteiger partial charge on any atom is 0.273 e. The lowest BCUT2D eigenvalue weighted by molar-refractivity contribution is 0.0325. The van der Waals surface area contributed by atoms with Crippen molar-refractivity contribution in [3.05, 3.63) is 93.7 Å². The Morgan fingerprint density at radius 2 is 1.94 bits per heavy atom. The van der Waals surface area contributed by atoms with Gasteiger partial charge in [-0.15, -0.1) is 0 Å². The predicted octanol–water partition coefficient (Wildman–Crippen LogP) is 2.78. The summed E-state index contributed by atoms with van der Waals surface area (Å²) in [5.41, 5.74) is -0.541. The van der Waals surface area contributed by atoms with Gasteiger partial charge in [-0.05, 0) is 56.0 Å². The molecule has 9 heteroatoms. The summed E-state index contributed by atoms with van der Waals surface area (Å²) in [6.07, 6.45) is 5.12. The molecule has 2 amide bonds. The van der Waals surface area contributed by atoms with Crippen LogP contribution in [-0.4, -0.2) is 38.2 Å². The highest BCUT2D eigenvalue weighted by molar-refractivity contribution is 5.94. The van der Waals surface area contributed by atoms with Crippen LogP contribution in [0.5, 0.6) is 0 Å². The van der Waals surface area contributed by atoms with Gasteiger partial charge in [0, 0.05) is 25.5 Å². The van der Waals surface area contributed by atoms with E-state index >= 15 is 0 Å². The van der Waals surface area contributed by atoms with Gasteiger partial charge in [0.15, 0.2) is 0 Å². The molecule has 3 aromatic rings. The number of H-pyrrole nitrogens is 1. The molecule has 0 saturated carbocycles. The Balaban J connectivity index is 1.55. The zero-order valence-electron chi connectivity index (χ0n) is 18.2. The summed E-state index contributed by atoms with van der Waals surface area (Å²) in [6, 6.07) is 10.9. The van der Waals surface area contributed by atoms with Gasteiger partial charge in [0.2, 0.25) is 0 Å². The topological polar surface area (TPSA) is 108 Å². The van der Waals surface area contributed by atoms with E-state index in [1.165, 1.54) is 18.3 Å². The standard InChI is InChI=1S/C24H24FN5O3/c1-24(11-3-5-13-30(24)22(33)19-6-2-4-12-26-19)23-28-15-18(21(32)29-23)20(31)27-14-16-7-9-17(25)10-8-16/h2,4,6-10,12,15H,3,5,11,13-14H2,1H3,(H,27,31)(H,28,29,32). The molecule has 1 aromatic carbocycles. The summed E-state index contributed by atoms with van der Waals surface area (Å²) in [5, 5.41) is 2.64. The van der Waals surface area contributed by atoms with E-state index in [9.17, 15) is 18.8 Å². The first-order chi connectivity index (χ1) is 15.9. The molecular weight excluding hydrogens is 425 g/mol. The number of nitrogens with one attached hydrogen (secondary N) is 2. The summed E-state index contributed by atoms with van der Waals surface area (Å²) in [6.45, 7) is 2.51. The molecule has 3 heterocycles. The fourth-order valence-electron chi connectivity index (χ4n) is 4.03. The lowest BCUT2D eigenvalue weighted by Crippen LogP contribution is -2.52. The highest BCUT2D eigenvalue weighted by atomic mass is 19.1. The van der Waals surface area contributed by atoms with Crippen molar-refractivity contribution in [2.24, 2.45) is 0 Å². The minimum atomic E-state index is -0.838. The summed E-state index contributed by atoms with van der Waals surface area (Å²) in [4.78, 5) is 51.3. The maximum absolute atomic E-state index is 13.1. The minimum Gasteiger partial charge on any atom is -0.348 e. The van der Waals surface area contributed by atoms with Crippen LogP contribution >= 0.6 is 0 Å². The van der Waals surface area contributed by atoms with Gasteiger partial charge in [0.25, 0.3) is 17.4 Å². The first-order valence-corrected chi connectivity index (χ1v) is 10.7. The van der Waals surface area contributed by atoms with Gasteiger partial charge in [-0.1, -0.05) is 18.2 Å². The number of hydrogen-bond donors (Lipinski definition) is 2. The highest BCUT2D eigenvalue weighted by Crippen LogP contribution is 2.36. The number of amides is 2. The van der Waals surface area contributed by atoms with Crippen LogP contribution in [0.15, 0.2) is 59.7 Å². The molecule has 1 fully saturated rings. The predicted molar refractivity (Wildman–Crippen MR) is 119 cm³/mol. The Hall–Kier alpha value is -3.88. The van der Waals surface area contributed by atoms with Crippen LogP contribution < -0.4 is 10.9 Å². The molecular formula is C24H24FN5O3. The van der Waals surface area contributed by atoms with Crippen molar-refractivity contribution in [3.8, 4) is 0 Å². The number of likely N-dealkylation sites (tertiary alicyclic amines) is 1. The number of piperidine rings is 1. The largest absolute Gasteiger partial charge is 0.348 e. The Bertz CT molecular complexity index is 1210. The molecule has 0 spiro atoms. The summed E-state index contributed by atoms with van der Waals surface area (Å²) >= 11 is 0. The molecule has 4 rings (SSSR count). The number of aromatic nitrogens is 3. The number of nitrogens with zero attached hydrogens (tertiary/aromatic N) is 3. The van der Waals surface area contributed by atoms with E-state index in [1.807, 2.05) is 6.92 Å². The second-order valence-electron chi connectivity index (χ2n) is 8.19. The number of hydrogen-bond acceptors (Lipinski definition) is 5. The summed E-state index contributed by atoms with van der Waals surface area (Å²) in [5.74, 6) is -0.865. The van der Waals surface area contributed by atoms with Crippen LogP contribution in [-0.2, 0) is 12.1 Å². The minimum absolute atomic E-state index is 0.136. The number of benzene rings is 1. The second-order valence-corrected chi connectivity index (χ2v) is 8.19. The maximum atomic E-state index is 13.1. The van der Waals surface area contributed by atoms with Gasteiger partial charge < -0.3 is 15.2 Å². The fraction of sp³-hybridized carbons (Fsp3) is 0.292. The molecule has 1 aliphatic heterocycles. The Morgan fingerprint density at radius 1 is 1.15 bits per heavy atom. The number of carbonyl (C=O) groups excluding carboxylic acids is 2. The van der Waals surface area contributed by atoms with E-state index in [0.29, 0.717) is 30.0 Å². The van der Waals surface area contributed by atoms with Crippen LogP contribution in [0, 0.1) is 5.82 Å². The van der Waals surface area contributed by atoms with E-state index in [1.54, 1.807) is 41.4 Å². The highest BCUT2D eigenvalue weighted by Gasteiger charge is 2.41. The molecule has 0 aliphatic carbocycles. The smallest absolute Gasteiger partial charge is 0.273 e. The second kappa shape index (κ2) is 9.32. The van der Waals surface area contributed by atoms with Gasteiger partial charge in [-0.3, -0.25) is 19.4 Å². The zero-order chi connectivity index (χ0) is 23.4. The molecule has 1 unspecified atom stereocenters. The SMILES string of the molecule is CC1(c2ncc(C(=O)NCc3ccc(F)cc3)c(=O)[nH]2)CCCCN1C(=O)c1ccccn1. The quantitative estimate of drug-likeness (QED) is 0.623. The van der Waals surface area contributed by atoms with Gasteiger partial charge >= 0.3 is 0 Å².